The highest BCUT2D eigenvalue weighted by molar-refractivity contribution is 7.80. The average Bonchev–Trinajstić information content (AvgIpc) is 3.23. The van der Waals surface area contributed by atoms with Crippen LogP contribution in [0, 0.1) is 19.8 Å². The van der Waals surface area contributed by atoms with Crippen molar-refractivity contribution in [3.05, 3.63) is 71.3 Å². The molecule has 0 fully saturated rings. The number of thiocarbonyl (C=S) groups is 1. The molecule has 0 aliphatic rings. The van der Waals surface area contributed by atoms with Crippen molar-refractivity contribution in [1.29, 1.82) is 0 Å². The normalized spacial score (nSPS) is 11.0. The van der Waals surface area contributed by atoms with E-state index in [1.807, 2.05) is 32.0 Å². The van der Waals surface area contributed by atoms with Gasteiger partial charge in [-0.2, -0.15) is 0 Å². The number of phenols is 1. The fraction of sp³-hybridized carbons (Fsp3) is 0.222. The number of hydrogen-bond acceptors (Lipinski definition) is 6. The number of carbonyl (C=O) groups is 1. The number of oxazole rings is 1. The van der Waals surface area contributed by atoms with Crippen LogP contribution in [-0.2, 0) is 0 Å². The maximum atomic E-state index is 12.7. The standard InChI is InChI=1S/C27H27N3O4S/c1-15(2)14-33-20-7-5-6-18(12-20)25(32)30-27(35)28-19-8-9-23(31)21(13-19)26-29-22-11-16(3)10-17(4)24(22)34-26/h5-13,15,31H,14H2,1-4H3,(H2,28,30,32,35). The zero-order valence-corrected chi connectivity index (χ0v) is 20.8. The van der Waals surface area contributed by atoms with Gasteiger partial charge in [-0.3, -0.25) is 10.1 Å². The van der Waals surface area contributed by atoms with E-state index < -0.39 is 0 Å². The summed E-state index contributed by atoms with van der Waals surface area (Å²) >= 11 is 5.33. The summed E-state index contributed by atoms with van der Waals surface area (Å²) in [6.45, 7) is 8.62. The fourth-order valence-electron chi connectivity index (χ4n) is 3.60. The lowest BCUT2D eigenvalue weighted by Gasteiger charge is -2.12. The van der Waals surface area contributed by atoms with Gasteiger partial charge in [0, 0.05) is 11.3 Å². The summed E-state index contributed by atoms with van der Waals surface area (Å²) in [5.41, 5.74) is 4.84. The quantitative estimate of drug-likeness (QED) is 0.226. The summed E-state index contributed by atoms with van der Waals surface area (Å²) in [6.07, 6.45) is 0. The molecule has 7 nitrogen and oxygen atoms in total. The molecule has 0 atom stereocenters. The third-order valence-electron chi connectivity index (χ3n) is 5.21. The van der Waals surface area contributed by atoms with Crippen molar-refractivity contribution in [1.82, 2.24) is 10.3 Å². The van der Waals surface area contributed by atoms with Gasteiger partial charge in [-0.25, -0.2) is 4.98 Å². The van der Waals surface area contributed by atoms with Crippen molar-refractivity contribution >= 4 is 40.0 Å². The van der Waals surface area contributed by atoms with Crippen molar-refractivity contribution in [3.8, 4) is 23.0 Å². The number of carbonyl (C=O) groups excluding carboxylic acids is 1. The summed E-state index contributed by atoms with van der Waals surface area (Å²) in [5, 5.41) is 16.2. The highest BCUT2D eigenvalue weighted by atomic mass is 32.1. The number of rotatable bonds is 6. The molecule has 1 amide bonds. The lowest BCUT2D eigenvalue weighted by atomic mass is 10.1. The van der Waals surface area contributed by atoms with Crippen molar-refractivity contribution in [3.63, 3.8) is 0 Å². The number of aryl methyl sites for hydroxylation is 2. The molecule has 4 aromatic rings. The predicted molar refractivity (Wildman–Crippen MR) is 141 cm³/mol. The Kier molecular flexibility index (Phi) is 7.02. The van der Waals surface area contributed by atoms with Crippen LogP contribution in [-0.4, -0.2) is 27.7 Å². The Bertz CT molecular complexity index is 1410. The average molecular weight is 490 g/mol. The van der Waals surface area contributed by atoms with Gasteiger partial charge in [0.1, 0.15) is 17.0 Å². The molecular formula is C27H27N3O4S. The zero-order chi connectivity index (χ0) is 25.1. The number of nitrogens with one attached hydrogen (secondary N) is 2. The second-order valence-electron chi connectivity index (χ2n) is 8.82. The number of anilines is 1. The number of amides is 1. The van der Waals surface area contributed by atoms with E-state index >= 15 is 0 Å². The minimum absolute atomic E-state index is 0.0182. The number of fused-ring (bicyclic) bond motifs is 1. The van der Waals surface area contributed by atoms with Gasteiger partial charge in [-0.1, -0.05) is 26.0 Å². The third-order valence-corrected chi connectivity index (χ3v) is 5.42. The van der Waals surface area contributed by atoms with Gasteiger partial charge in [-0.05, 0) is 85.6 Å². The molecule has 0 aliphatic carbocycles. The Morgan fingerprint density at radius 3 is 2.71 bits per heavy atom. The maximum absolute atomic E-state index is 12.7. The molecule has 0 bridgehead atoms. The molecule has 3 aromatic carbocycles. The van der Waals surface area contributed by atoms with E-state index in [0.29, 0.717) is 46.6 Å². The SMILES string of the molecule is Cc1cc(C)c2oc(-c3cc(NC(=S)NC(=O)c4cccc(OCC(C)C)c4)ccc3O)nc2c1. The van der Waals surface area contributed by atoms with Crippen LogP contribution in [0.2, 0.25) is 0 Å². The lowest BCUT2D eigenvalue weighted by Crippen LogP contribution is -2.34. The Hall–Kier alpha value is -3.91. The predicted octanol–water partition coefficient (Wildman–Crippen LogP) is 5.98. The second-order valence-corrected chi connectivity index (χ2v) is 9.23. The first-order valence-corrected chi connectivity index (χ1v) is 11.7. The van der Waals surface area contributed by atoms with Crippen molar-refractivity contribution in [2.75, 3.05) is 11.9 Å². The minimum Gasteiger partial charge on any atom is -0.507 e. The molecule has 0 radical (unpaired) electrons. The summed E-state index contributed by atoms with van der Waals surface area (Å²) < 4.78 is 11.6. The van der Waals surface area contributed by atoms with Gasteiger partial charge in [0.2, 0.25) is 5.89 Å². The molecule has 0 unspecified atom stereocenters. The number of aromatic hydroxyl groups is 1. The maximum Gasteiger partial charge on any atom is 0.257 e. The van der Waals surface area contributed by atoms with Crippen molar-refractivity contribution < 1.29 is 19.1 Å². The molecule has 0 saturated carbocycles. The fourth-order valence-corrected chi connectivity index (χ4v) is 3.82. The Morgan fingerprint density at radius 1 is 1.14 bits per heavy atom. The van der Waals surface area contributed by atoms with Crippen LogP contribution in [0.1, 0.15) is 35.3 Å². The molecule has 4 rings (SSSR count). The lowest BCUT2D eigenvalue weighted by molar-refractivity contribution is 0.0977. The summed E-state index contributed by atoms with van der Waals surface area (Å²) in [4.78, 5) is 17.2. The summed E-state index contributed by atoms with van der Waals surface area (Å²) in [7, 11) is 0. The smallest absolute Gasteiger partial charge is 0.257 e. The zero-order valence-electron chi connectivity index (χ0n) is 20.0. The van der Waals surface area contributed by atoms with Gasteiger partial charge >= 0.3 is 0 Å². The minimum atomic E-state index is -0.360. The molecule has 1 heterocycles. The molecule has 0 aliphatic heterocycles. The molecule has 1 aromatic heterocycles. The number of aromatic nitrogens is 1. The van der Waals surface area contributed by atoms with Gasteiger partial charge in [0.05, 0.1) is 12.2 Å². The van der Waals surface area contributed by atoms with Crippen LogP contribution >= 0.6 is 12.2 Å². The largest absolute Gasteiger partial charge is 0.507 e. The number of hydrogen-bond donors (Lipinski definition) is 3. The van der Waals surface area contributed by atoms with Gasteiger partial charge in [-0.15, -0.1) is 0 Å². The summed E-state index contributed by atoms with van der Waals surface area (Å²) in [5.74, 6) is 0.952. The van der Waals surface area contributed by atoms with E-state index in [9.17, 15) is 9.90 Å². The molecular weight excluding hydrogens is 462 g/mol. The number of nitrogens with zero attached hydrogens (tertiary/aromatic N) is 1. The van der Waals surface area contributed by atoms with Gasteiger partial charge in [0.25, 0.3) is 5.91 Å². The third kappa shape index (κ3) is 5.78. The first kappa shape index (κ1) is 24.2. The van der Waals surface area contributed by atoms with E-state index in [1.165, 1.54) is 6.07 Å². The monoisotopic (exact) mass is 489 g/mol. The van der Waals surface area contributed by atoms with Crippen molar-refractivity contribution in [2.45, 2.75) is 27.7 Å². The van der Waals surface area contributed by atoms with Crippen LogP contribution < -0.4 is 15.4 Å². The highest BCUT2D eigenvalue weighted by Gasteiger charge is 2.16. The Balaban J connectivity index is 1.48. The van der Waals surface area contributed by atoms with E-state index in [2.05, 4.69) is 29.5 Å². The number of benzene rings is 3. The second kappa shape index (κ2) is 10.1. The van der Waals surface area contributed by atoms with E-state index in [0.717, 1.165) is 16.6 Å². The first-order valence-electron chi connectivity index (χ1n) is 11.3. The molecule has 180 valence electrons. The van der Waals surface area contributed by atoms with Crippen LogP contribution in [0.5, 0.6) is 11.5 Å². The van der Waals surface area contributed by atoms with Crippen molar-refractivity contribution in [2.24, 2.45) is 5.92 Å². The first-order chi connectivity index (χ1) is 16.7. The molecule has 8 heteroatoms. The van der Waals surface area contributed by atoms with Crippen LogP contribution in [0.15, 0.2) is 59.0 Å². The van der Waals surface area contributed by atoms with Crippen LogP contribution in [0.4, 0.5) is 5.69 Å². The Labute approximate surface area is 209 Å². The van der Waals surface area contributed by atoms with Gasteiger partial charge in [0.15, 0.2) is 10.7 Å². The van der Waals surface area contributed by atoms with E-state index in [4.69, 9.17) is 21.4 Å². The summed E-state index contributed by atoms with van der Waals surface area (Å²) in [6, 6.07) is 15.7. The number of phenolic OH excluding ortho intramolecular Hbond substituents is 1. The van der Waals surface area contributed by atoms with Crippen LogP contribution in [0.25, 0.3) is 22.6 Å². The van der Waals surface area contributed by atoms with Gasteiger partial charge < -0.3 is 19.6 Å². The van der Waals surface area contributed by atoms with E-state index in [-0.39, 0.29) is 16.8 Å². The topological polar surface area (TPSA) is 96.6 Å². The molecule has 0 spiro atoms. The highest BCUT2D eigenvalue weighted by Crippen LogP contribution is 2.34. The molecule has 3 N–H and O–H groups in total. The van der Waals surface area contributed by atoms with Crippen LogP contribution in [0.3, 0.4) is 0 Å². The molecule has 0 saturated heterocycles. The molecule has 35 heavy (non-hydrogen) atoms. The Morgan fingerprint density at radius 2 is 1.94 bits per heavy atom. The van der Waals surface area contributed by atoms with E-state index in [1.54, 1.807) is 30.3 Å². The number of ether oxygens (including phenoxy) is 1.